The van der Waals surface area contributed by atoms with Gasteiger partial charge in [-0.15, -0.1) is 10.2 Å². The summed E-state index contributed by atoms with van der Waals surface area (Å²) in [4.78, 5) is 27.1. The minimum absolute atomic E-state index is 0.0411. The fraction of sp³-hybridized carbons (Fsp3) is 0.0455. The van der Waals surface area contributed by atoms with Crippen molar-refractivity contribution in [3.63, 3.8) is 0 Å². The summed E-state index contributed by atoms with van der Waals surface area (Å²) in [5.74, 6) is 0.145. The first-order valence-electron chi connectivity index (χ1n) is 9.73. The summed E-state index contributed by atoms with van der Waals surface area (Å²) in [6.07, 6.45) is 3.09. The highest BCUT2D eigenvalue weighted by molar-refractivity contribution is 7.99. The number of nitro groups is 1. The second kappa shape index (κ2) is 10.3. The second-order valence-electron chi connectivity index (χ2n) is 6.62. The van der Waals surface area contributed by atoms with Crippen LogP contribution < -0.4 is 5.43 Å². The zero-order valence-corrected chi connectivity index (χ0v) is 17.9. The highest BCUT2D eigenvalue weighted by atomic mass is 32.2. The molecule has 0 atom stereocenters. The molecule has 0 unspecified atom stereocenters. The number of nitrogens with zero attached hydrogens (tertiary/aromatic N) is 6. The van der Waals surface area contributed by atoms with E-state index in [0.29, 0.717) is 22.2 Å². The van der Waals surface area contributed by atoms with Crippen LogP contribution in [0, 0.1) is 10.1 Å². The van der Waals surface area contributed by atoms with Gasteiger partial charge in [0.15, 0.2) is 11.0 Å². The topological polar surface area (TPSA) is 128 Å². The molecule has 11 heteroatoms. The number of benzene rings is 2. The molecule has 0 aliphatic rings. The van der Waals surface area contributed by atoms with Crippen molar-refractivity contribution in [3.8, 4) is 17.1 Å². The standard InChI is InChI=1S/C22H17N7O3S/c30-20(25-24-14-17-8-4-5-12-23-17)15-33-22-27-26-21(28(22)18-9-2-1-3-10-18)16-7-6-11-19(13-16)29(31)32/h1-14H,15H2,(H,25,30)/b24-14-. The Morgan fingerprint density at radius 1 is 1.09 bits per heavy atom. The lowest BCUT2D eigenvalue weighted by molar-refractivity contribution is -0.384. The first-order chi connectivity index (χ1) is 16.1. The van der Waals surface area contributed by atoms with Gasteiger partial charge in [-0.1, -0.05) is 48.2 Å². The Kier molecular flexibility index (Phi) is 6.81. The van der Waals surface area contributed by atoms with Crippen molar-refractivity contribution >= 4 is 29.6 Å². The van der Waals surface area contributed by atoms with Gasteiger partial charge in [0.05, 0.1) is 22.6 Å². The fourth-order valence-electron chi connectivity index (χ4n) is 2.90. The van der Waals surface area contributed by atoms with Crippen LogP contribution >= 0.6 is 11.8 Å². The molecule has 0 fully saturated rings. The monoisotopic (exact) mass is 459 g/mol. The highest BCUT2D eigenvalue weighted by Crippen LogP contribution is 2.29. The average molecular weight is 459 g/mol. The molecule has 33 heavy (non-hydrogen) atoms. The summed E-state index contributed by atoms with van der Waals surface area (Å²) in [6, 6.07) is 20.9. The zero-order chi connectivity index (χ0) is 23.0. The summed E-state index contributed by atoms with van der Waals surface area (Å²) in [5, 5.41) is 24.0. The van der Waals surface area contributed by atoms with E-state index < -0.39 is 4.92 Å². The SMILES string of the molecule is O=C(CSc1nnc(-c2cccc([N+](=O)[O-])c2)n1-c1ccccc1)N/N=C\c1ccccn1. The molecule has 0 aliphatic heterocycles. The van der Waals surface area contributed by atoms with Crippen molar-refractivity contribution in [3.05, 3.63) is 94.8 Å². The van der Waals surface area contributed by atoms with E-state index in [1.54, 1.807) is 35.0 Å². The van der Waals surface area contributed by atoms with Gasteiger partial charge in [0.2, 0.25) is 0 Å². The molecule has 4 rings (SSSR count). The first-order valence-corrected chi connectivity index (χ1v) is 10.7. The maximum Gasteiger partial charge on any atom is 0.270 e. The molecular formula is C22H17N7O3S. The first kappa shape index (κ1) is 21.8. The summed E-state index contributed by atoms with van der Waals surface area (Å²) in [7, 11) is 0. The quantitative estimate of drug-likeness (QED) is 0.185. The molecule has 2 aromatic carbocycles. The van der Waals surface area contributed by atoms with Gasteiger partial charge in [-0.3, -0.25) is 24.5 Å². The lowest BCUT2D eigenvalue weighted by Gasteiger charge is -2.10. The predicted octanol–water partition coefficient (Wildman–Crippen LogP) is 3.48. The van der Waals surface area contributed by atoms with Crippen molar-refractivity contribution in [2.75, 3.05) is 5.75 Å². The molecular weight excluding hydrogens is 442 g/mol. The van der Waals surface area contributed by atoms with E-state index in [0.717, 1.165) is 5.69 Å². The van der Waals surface area contributed by atoms with Gasteiger partial charge in [-0.2, -0.15) is 5.10 Å². The third-order valence-corrected chi connectivity index (χ3v) is 5.30. The predicted molar refractivity (Wildman–Crippen MR) is 124 cm³/mol. The molecule has 0 bridgehead atoms. The number of aromatic nitrogens is 4. The normalized spacial score (nSPS) is 10.9. The fourth-order valence-corrected chi connectivity index (χ4v) is 3.65. The Morgan fingerprint density at radius 3 is 2.67 bits per heavy atom. The van der Waals surface area contributed by atoms with Crippen molar-refractivity contribution in [2.24, 2.45) is 5.10 Å². The summed E-state index contributed by atoms with van der Waals surface area (Å²) in [6.45, 7) is 0. The largest absolute Gasteiger partial charge is 0.272 e. The van der Waals surface area contributed by atoms with Crippen LogP contribution in [0.5, 0.6) is 0 Å². The zero-order valence-electron chi connectivity index (χ0n) is 17.1. The van der Waals surface area contributed by atoms with Crippen LogP contribution in [0.3, 0.4) is 0 Å². The molecule has 0 radical (unpaired) electrons. The third-order valence-electron chi connectivity index (χ3n) is 4.37. The van der Waals surface area contributed by atoms with Gasteiger partial charge < -0.3 is 0 Å². The third kappa shape index (κ3) is 5.46. The lowest BCUT2D eigenvalue weighted by Crippen LogP contribution is -2.20. The average Bonchev–Trinajstić information content (AvgIpc) is 3.28. The molecule has 164 valence electrons. The Labute approximate surface area is 192 Å². The van der Waals surface area contributed by atoms with Crippen LogP contribution in [0.25, 0.3) is 17.1 Å². The summed E-state index contributed by atoms with van der Waals surface area (Å²) in [5.41, 5.74) is 4.33. The number of nitro benzene ring substituents is 1. The molecule has 0 saturated heterocycles. The van der Waals surface area contributed by atoms with E-state index in [9.17, 15) is 14.9 Å². The number of hydrogen-bond donors (Lipinski definition) is 1. The molecule has 0 spiro atoms. The lowest BCUT2D eigenvalue weighted by atomic mass is 10.2. The maximum atomic E-state index is 12.3. The van der Waals surface area contributed by atoms with Gasteiger partial charge in [0.25, 0.3) is 11.6 Å². The van der Waals surface area contributed by atoms with Gasteiger partial charge in [0.1, 0.15) is 0 Å². The summed E-state index contributed by atoms with van der Waals surface area (Å²) < 4.78 is 1.76. The van der Waals surface area contributed by atoms with Gasteiger partial charge in [-0.25, -0.2) is 5.43 Å². The highest BCUT2D eigenvalue weighted by Gasteiger charge is 2.19. The Hall–Kier alpha value is -4.38. The molecule has 0 saturated carbocycles. The van der Waals surface area contributed by atoms with E-state index in [4.69, 9.17) is 0 Å². The molecule has 4 aromatic rings. The number of nitrogens with one attached hydrogen (secondary N) is 1. The van der Waals surface area contributed by atoms with Crippen molar-refractivity contribution in [1.29, 1.82) is 0 Å². The van der Waals surface area contributed by atoms with Gasteiger partial charge in [0, 0.05) is 29.6 Å². The summed E-state index contributed by atoms with van der Waals surface area (Å²) >= 11 is 1.18. The maximum absolute atomic E-state index is 12.3. The number of para-hydroxylation sites is 1. The van der Waals surface area contributed by atoms with Crippen LogP contribution in [0.1, 0.15) is 5.69 Å². The van der Waals surface area contributed by atoms with Crippen molar-refractivity contribution in [2.45, 2.75) is 5.16 Å². The van der Waals surface area contributed by atoms with E-state index in [1.807, 2.05) is 36.4 Å². The van der Waals surface area contributed by atoms with Crippen molar-refractivity contribution < 1.29 is 9.72 Å². The van der Waals surface area contributed by atoms with E-state index in [-0.39, 0.29) is 17.3 Å². The molecule has 1 N–H and O–H groups in total. The number of hydrazone groups is 1. The number of carbonyl (C=O) groups is 1. The van der Waals surface area contributed by atoms with E-state index in [2.05, 4.69) is 25.7 Å². The minimum atomic E-state index is -0.460. The number of rotatable bonds is 8. The van der Waals surface area contributed by atoms with Gasteiger partial charge in [-0.05, 0) is 24.3 Å². The second-order valence-corrected chi connectivity index (χ2v) is 7.56. The molecule has 1 amide bonds. The van der Waals surface area contributed by atoms with E-state index in [1.165, 1.54) is 30.1 Å². The van der Waals surface area contributed by atoms with Crippen LogP contribution in [0.4, 0.5) is 5.69 Å². The number of hydrogen-bond acceptors (Lipinski definition) is 8. The number of thioether (sulfide) groups is 1. The van der Waals surface area contributed by atoms with Crippen LogP contribution in [0.2, 0.25) is 0 Å². The molecule has 2 heterocycles. The molecule has 0 aliphatic carbocycles. The van der Waals surface area contributed by atoms with Gasteiger partial charge >= 0.3 is 0 Å². The smallest absolute Gasteiger partial charge is 0.270 e. The number of carbonyl (C=O) groups excluding carboxylic acids is 1. The van der Waals surface area contributed by atoms with Crippen LogP contribution in [-0.2, 0) is 4.79 Å². The number of non-ortho nitro benzene ring substituents is 1. The number of pyridine rings is 1. The number of amides is 1. The van der Waals surface area contributed by atoms with Crippen LogP contribution in [-0.4, -0.2) is 42.5 Å². The molecule has 2 aromatic heterocycles. The minimum Gasteiger partial charge on any atom is -0.272 e. The van der Waals surface area contributed by atoms with Crippen LogP contribution in [0.15, 0.2) is 89.3 Å². The Bertz CT molecular complexity index is 1290. The van der Waals surface area contributed by atoms with E-state index >= 15 is 0 Å². The Balaban J connectivity index is 1.55. The Morgan fingerprint density at radius 2 is 1.91 bits per heavy atom. The molecule has 10 nitrogen and oxygen atoms in total. The van der Waals surface area contributed by atoms with Crippen molar-refractivity contribution in [1.82, 2.24) is 25.2 Å².